The van der Waals surface area contributed by atoms with E-state index in [2.05, 4.69) is 28.0 Å². The first-order valence-corrected chi connectivity index (χ1v) is 9.10. The Kier molecular flexibility index (Phi) is 5.59. The lowest BCUT2D eigenvalue weighted by Crippen LogP contribution is -2.44. The van der Waals surface area contributed by atoms with E-state index in [1.165, 1.54) is 18.4 Å². The molecule has 0 bridgehead atoms. The molecule has 0 saturated carbocycles. The van der Waals surface area contributed by atoms with Gasteiger partial charge in [-0.2, -0.15) is 5.10 Å². The average Bonchev–Trinajstić information content (AvgIpc) is 3.07. The Morgan fingerprint density at radius 2 is 2.08 bits per heavy atom. The van der Waals surface area contributed by atoms with Crippen LogP contribution in [-0.4, -0.2) is 77.7 Å². The lowest BCUT2D eigenvalue weighted by atomic mass is 9.71. The van der Waals surface area contributed by atoms with Gasteiger partial charge in [0.2, 0.25) is 0 Å². The van der Waals surface area contributed by atoms with Crippen LogP contribution in [0.15, 0.2) is 6.20 Å². The molecule has 2 fully saturated rings. The Hall–Kier alpha value is -0.950. The molecule has 6 nitrogen and oxygen atoms in total. The third-order valence-electron chi connectivity index (χ3n) is 6.08. The van der Waals surface area contributed by atoms with E-state index in [0.717, 1.165) is 51.6 Å². The smallest absolute Gasteiger partial charge is 0.0638 e. The molecule has 3 heterocycles. The zero-order valence-corrected chi connectivity index (χ0v) is 15.4. The van der Waals surface area contributed by atoms with Crippen LogP contribution in [0.2, 0.25) is 0 Å². The fourth-order valence-electron chi connectivity index (χ4n) is 4.55. The van der Waals surface area contributed by atoms with Crippen LogP contribution in [0.3, 0.4) is 0 Å². The normalized spacial score (nSPS) is 24.9. The van der Waals surface area contributed by atoms with E-state index in [9.17, 15) is 5.11 Å². The highest BCUT2D eigenvalue weighted by molar-refractivity contribution is 5.15. The minimum atomic E-state index is 0.295. The van der Waals surface area contributed by atoms with Gasteiger partial charge in [-0.05, 0) is 38.3 Å². The first-order chi connectivity index (χ1) is 11.6. The Bertz CT molecular complexity index is 537. The van der Waals surface area contributed by atoms with Crippen LogP contribution in [0.4, 0.5) is 0 Å². The van der Waals surface area contributed by atoms with Crippen molar-refractivity contribution in [2.75, 3.05) is 53.0 Å². The molecule has 2 aliphatic heterocycles. The Morgan fingerprint density at radius 3 is 2.67 bits per heavy atom. The first kappa shape index (κ1) is 17.9. The second kappa shape index (κ2) is 7.52. The fourth-order valence-corrected chi connectivity index (χ4v) is 4.55. The highest BCUT2D eigenvalue weighted by atomic mass is 16.5. The van der Waals surface area contributed by atoms with E-state index in [4.69, 9.17) is 4.74 Å². The molecule has 1 aromatic rings. The topological polar surface area (TPSA) is 53.8 Å². The van der Waals surface area contributed by atoms with Crippen LogP contribution in [0.1, 0.15) is 24.1 Å². The van der Waals surface area contributed by atoms with Gasteiger partial charge in [0.25, 0.3) is 0 Å². The number of ether oxygens (including phenoxy) is 1. The molecule has 136 valence electrons. The van der Waals surface area contributed by atoms with Gasteiger partial charge in [0.15, 0.2) is 0 Å². The van der Waals surface area contributed by atoms with Gasteiger partial charge < -0.3 is 14.7 Å². The van der Waals surface area contributed by atoms with Crippen molar-refractivity contribution in [1.29, 1.82) is 0 Å². The molecule has 2 saturated heterocycles. The minimum Gasteiger partial charge on any atom is -0.396 e. The number of nitrogens with zero attached hydrogens (tertiary/aromatic N) is 4. The van der Waals surface area contributed by atoms with Crippen molar-refractivity contribution in [3.63, 3.8) is 0 Å². The molecule has 0 radical (unpaired) electrons. The number of aromatic nitrogens is 2. The summed E-state index contributed by atoms with van der Waals surface area (Å²) in [7, 11) is 3.74. The molecule has 1 spiro atoms. The summed E-state index contributed by atoms with van der Waals surface area (Å²) in [6, 6.07) is 0. The zero-order chi connectivity index (χ0) is 17.2. The van der Waals surface area contributed by atoms with Crippen molar-refractivity contribution in [1.82, 2.24) is 19.6 Å². The number of rotatable bonds is 6. The number of likely N-dealkylation sites (tertiary alicyclic amines) is 2. The summed E-state index contributed by atoms with van der Waals surface area (Å²) in [4.78, 5) is 5.02. The number of methoxy groups -OCH3 is 1. The maximum absolute atomic E-state index is 9.88. The van der Waals surface area contributed by atoms with Crippen molar-refractivity contribution in [2.24, 2.45) is 18.4 Å². The standard InChI is InChI=1S/C18H32N4O2/c1-15-16(10-20(2)19-15)11-21-6-4-18(5-7-21)14-22(8-9-24-3)12-17(18)13-23/h10,17,23H,4-9,11-14H2,1-3H3. The fraction of sp³-hybridized carbons (Fsp3) is 0.833. The molecule has 0 aromatic carbocycles. The van der Waals surface area contributed by atoms with Crippen LogP contribution in [0, 0.1) is 18.3 Å². The summed E-state index contributed by atoms with van der Waals surface area (Å²) in [5.41, 5.74) is 2.76. The molecule has 3 rings (SSSR count). The molecule has 24 heavy (non-hydrogen) atoms. The van der Waals surface area contributed by atoms with Gasteiger partial charge in [-0.1, -0.05) is 0 Å². The van der Waals surface area contributed by atoms with Gasteiger partial charge in [0.1, 0.15) is 0 Å². The molecule has 2 aliphatic rings. The Labute approximate surface area is 145 Å². The number of hydrogen-bond acceptors (Lipinski definition) is 5. The molecule has 1 aromatic heterocycles. The summed E-state index contributed by atoms with van der Waals surface area (Å²) in [5.74, 6) is 0.414. The van der Waals surface area contributed by atoms with E-state index in [1.807, 2.05) is 11.7 Å². The van der Waals surface area contributed by atoms with Crippen molar-refractivity contribution >= 4 is 0 Å². The van der Waals surface area contributed by atoms with Crippen LogP contribution in [0.5, 0.6) is 0 Å². The van der Waals surface area contributed by atoms with E-state index in [0.29, 0.717) is 17.9 Å². The molecule has 0 amide bonds. The Morgan fingerprint density at radius 1 is 1.33 bits per heavy atom. The number of aliphatic hydroxyl groups is 1. The number of aliphatic hydroxyl groups excluding tert-OH is 1. The van der Waals surface area contributed by atoms with E-state index in [-0.39, 0.29) is 0 Å². The van der Waals surface area contributed by atoms with Gasteiger partial charge in [-0.3, -0.25) is 9.58 Å². The van der Waals surface area contributed by atoms with Crippen molar-refractivity contribution in [3.05, 3.63) is 17.5 Å². The lowest BCUT2D eigenvalue weighted by Gasteiger charge is -2.42. The molecular weight excluding hydrogens is 304 g/mol. The summed E-state index contributed by atoms with van der Waals surface area (Å²) in [5, 5.41) is 14.3. The maximum Gasteiger partial charge on any atom is 0.0638 e. The Balaban J connectivity index is 1.57. The van der Waals surface area contributed by atoms with E-state index in [1.54, 1.807) is 7.11 Å². The van der Waals surface area contributed by atoms with Crippen LogP contribution in [0.25, 0.3) is 0 Å². The quantitative estimate of drug-likeness (QED) is 0.836. The minimum absolute atomic E-state index is 0.295. The lowest BCUT2D eigenvalue weighted by molar-refractivity contribution is 0.0476. The molecule has 1 atom stereocenters. The van der Waals surface area contributed by atoms with Crippen molar-refractivity contribution in [3.8, 4) is 0 Å². The second-order valence-corrected chi connectivity index (χ2v) is 7.66. The van der Waals surface area contributed by atoms with Crippen LogP contribution in [-0.2, 0) is 18.3 Å². The summed E-state index contributed by atoms with van der Waals surface area (Å²) >= 11 is 0. The largest absolute Gasteiger partial charge is 0.396 e. The third-order valence-corrected chi connectivity index (χ3v) is 6.08. The second-order valence-electron chi connectivity index (χ2n) is 7.66. The highest BCUT2D eigenvalue weighted by Gasteiger charge is 2.47. The molecule has 1 unspecified atom stereocenters. The SMILES string of the molecule is COCCN1CC(CO)C2(CCN(Cc3cn(C)nc3C)CC2)C1. The predicted molar refractivity (Wildman–Crippen MR) is 93.8 cm³/mol. The molecule has 1 N–H and O–H groups in total. The van der Waals surface area contributed by atoms with Crippen LogP contribution >= 0.6 is 0 Å². The van der Waals surface area contributed by atoms with Crippen molar-refractivity contribution < 1.29 is 9.84 Å². The number of aryl methyl sites for hydroxylation is 2. The third kappa shape index (κ3) is 3.67. The van der Waals surface area contributed by atoms with Gasteiger partial charge in [-0.25, -0.2) is 0 Å². The van der Waals surface area contributed by atoms with Gasteiger partial charge in [0.05, 0.1) is 12.3 Å². The van der Waals surface area contributed by atoms with Crippen molar-refractivity contribution in [2.45, 2.75) is 26.3 Å². The summed E-state index contributed by atoms with van der Waals surface area (Å²) in [6.45, 7) is 9.51. The summed E-state index contributed by atoms with van der Waals surface area (Å²) < 4.78 is 7.13. The van der Waals surface area contributed by atoms with Gasteiger partial charge in [-0.15, -0.1) is 0 Å². The average molecular weight is 336 g/mol. The monoisotopic (exact) mass is 336 g/mol. The molecular formula is C18H32N4O2. The number of hydrogen-bond donors (Lipinski definition) is 1. The van der Waals surface area contributed by atoms with E-state index >= 15 is 0 Å². The molecule has 0 aliphatic carbocycles. The van der Waals surface area contributed by atoms with Crippen LogP contribution < -0.4 is 0 Å². The first-order valence-electron chi connectivity index (χ1n) is 9.10. The maximum atomic E-state index is 9.88. The highest BCUT2D eigenvalue weighted by Crippen LogP contribution is 2.44. The van der Waals surface area contributed by atoms with Gasteiger partial charge in [0, 0.05) is 64.6 Å². The predicted octanol–water partition coefficient (Wildman–Crippen LogP) is 0.881. The number of piperidine rings is 1. The van der Waals surface area contributed by atoms with E-state index < -0.39 is 0 Å². The molecule has 6 heteroatoms. The summed E-state index contributed by atoms with van der Waals surface area (Å²) in [6.07, 6.45) is 4.50. The van der Waals surface area contributed by atoms with Gasteiger partial charge >= 0.3 is 0 Å². The zero-order valence-electron chi connectivity index (χ0n) is 15.4.